The molecule has 1 aliphatic heterocycles. The van der Waals surface area contributed by atoms with E-state index in [1.807, 2.05) is 11.8 Å². The summed E-state index contributed by atoms with van der Waals surface area (Å²) in [7, 11) is 0. The minimum Gasteiger partial charge on any atom is -0.477 e. The molecule has 0 radical (unpaired) electrons. The summed E-state index contributed by atoms with van der Waals surface area (Å²) in [5.41, 5.74) is -0.671. The third-order valence-electron chi connectivity index (χ3n) is 6.29. The molecule has 2 fully saturated rings. The first-order valence-corrected chi connectivity index (χ1v) is 11.3. The van der Waals surface area contributed by atoms with E-state index in [-0.39, 0.29) is 29.0 Å². The standard InChI is InChI=1S/C24H30FN3O5/c1-13(26-23(32)33-24(2,3)4)14-7-8-27(11-14)20-10-19-16(9-18(20)25)21(29)17(22(30)31)12-28(19)15-5-6-15/h9-10,12-15H,5-8,11H2,1-4H3,(H,26,32)(H,30,31)/t13-,14+/m1/s1. The third kappa shape index (κ3) is 4.82. The first kappa shape index (κ1) is 23.1. The molecule has 4 rings (SSSR count). The molecule has 1 saturated carbocycles. The van der Waals surface area contributed by atoms with Crippen molar-refractivity contribution in [1.29, 1.82) is 0 Å². The highest BCUT2D eigenvalue weighted by atomic mass is 19.1. The lowest BCUT2D eigenvalue weighted by Crippen LogP contribution is -2.42. The molecule has 2 N–H and O–H groups in total. The Morgan fingerprint density at radius 2 is 1.94 bits per heavy atom. The number of pyridine rings is 1. The lowest BCUT2D eigenvalue weighted by atomic mass is 10.0. The average Bonchev–Trinajstić information content (AvgIpc) is 3.42. The van der Waals surface area contributed by atoms with Crippen molar-refractivity contribution in [2.24, 2.45) is 5.92 Å². The van der Waals surface area contributed by atoms with Gasteiger partial charge in [-0.15, -0.1) is 0 Å². The number of rotatable bonds is 5. The lowest BCUT2D eigenvalue weighted by Gasteiger charge is -2.25. The van der Waals surface area contributed by atoms with Crippen molar-refractivity contribution >= 4 is 28.7 Å². The number of nitrogens with one attached hydrogen (secondary N) is 1. The number of anilines is 1. The zero-order chi connectivity index (χ0) is 24.1. The molecule has 0 unspecified atom stereocenters. The van der Waals surface area contributed by atoms with Gasteiger partial charge in [-0.2, -0.15) is 0 Å². The van der Waals surface area contributed by atoms with E-state index in [9.17, 15) is 19.5 Å². The Morgan fingerprint density at radius 1 is 1.24 bits per heavy atom. The van der Waals surface area contributed by atoms with Crippen LogP contribution in [0, 0.1) is 11.7 Å². The molecule has 2 aromatic rings. The van der Waals surface area contributed by atoms with Crippen molar-refractivity contribution < 1.29 is 23.8 Å². The molecule has 8 nitrogen and oxygen atoms in total. The molecule has 1 aromatic carbocycles. The molecule has 0 bridgehead atoms. The van der Waals surface area contributed by atoms with Crippen molar-refractivity contribution in [3.05, 3.63) is 39.9 Å². The number of amides is 1. The first-order valence-electron chi connectivity index (χ1n) is 11.3. The summed E-state index contributed by atoms with van der Waals surface area (Å²) >= 11 is 0. The van der Waals surface area contributed by atoms with Crippen LogP contribution in [-0.2, 0) is 4.74 Å². The number of hydrogen-bond donors (Lipinski definition) is 2. The monoisotopic (exact) mass is 459 g/mol. The molecule has 2 heterocycles. The van der Waals surface area contributed by atoms with Crippen LogP contribution in [0.5, 0.6) is 0 Å². The zero-order valence-corrected chi connectivity index (χ0v) is 19.4. The van der Waals surface area contributed by atoms with E-state index in [0.29, 0.717) is 24.3 Å². The van der Waals surface area contributed by atoms with Crippen LogP contribution in [-0.4, -0.2) is 46.5 Å². The average molecular weight is 460 g/mol. The normalized spacial score (nSPS) is 19.5. The van der Waals surface area contributed by atoms with E-state index in [1.165, 1.54) is 6.20 Å². The Labute approximate surface area is 191 Å². The number of alkyl carbamates (subject to hydrolysis) is 1. The van der Waals surface area contributed by atoms with Gasteiger partial charge in [0.2, 0.25) is 5.43 Å². The number of aromatic carboxylic acids is 1. The Morgan fingerprint density at radius 3 is 2.55 bits per heavy atom. The molecule has 33 heavy (non-hydrogen) atoms. The second-order valence-electron chi connectivity index (χ2n) is 10.1. The van der Waals surface area contributed by atoms with E-state index >= 15 is 4.39 Å². The minimum atomic E-state index is -1.31. The number of aromatic nitrogens is 1. The first-order chi connectivity index (χ1) is 15.4. The minimum absolute atomic E-state index is 0.0822. The number of ether oxygens (including phenoxy) is 1. The number of fused-ring (bicyclic) bond motifs is 1. The van der Waals surface area contributed by atoms with Crippen LogP contribution < -0.4 is 15.6 Å². The van der Waals surface area contributed by atoms with E-state index in [0.717, 1.165) is 25.3 Å². The van der Waals surface area contributed by atoms with Crippen molar-refractivity contribution in [2.75, 3.05) is 18.0 Å². The SMILES string of the molecule is C[C@@H](NC(=O)OC(C)(C)C)[C@H]1CCN(c2cc3c(cc2F)c(=O)c(C(=O)O)cn3C2CC2)C1. The van der Waals surface area contributed by atoms with Crippen LogP contribution in [0.3, 0.4) is 0 Å². The second kappa shape index (κ2) is 8.35. The van der Waals surface area contributed by atoms with Crippen molar-refractivity contribution in [3.63, 3.8) is 0 Å². The van der Waals surface area contributed by atoms with E-state index in [1.54, 1.807) is 31.4 Å². The largest absolute Gasteiger partial charge is 0.477 e. The van der Waals surface area contributed by atoms with Gasteiger partial charge in [-0.05, 0) is 65.0 Å². The zero-order valence-electron chi connectivity index (χ0n) is 19.4. The fourth-order valence-electron chi connectivity index (χ4n) is 4.43. The van der Waals surface area contributed by atoms with E-state index in [4.69, 9.17) is 4.74 Å². The fourth-order valence-corrected chi connectivity index (χ4v) is 4.43. The number of nitrogens with zero attached hydrogens (tertiary/aromatic N) is 2. The smallest absolute Gasteiger partial charge is 0.407 e. The van der Waals surface area contributed by atoms with Gasteiger partial charge in [-0.1, -0.05) is 0 Å². The Bertz CT molecular complexity index is 1170. The number of benzene rings is 1. The van der Waals surface area contributed by atoms with Crippen molar-refractivity contribution in [3.8, 4) is 0 Å². The molecule has 9 heteroatoms. The quantitative estimate of drug-likeness (QED) is 0.703. The van der Waals surface area contributed by atoms with Crippen LogP contribution in [0.2, 0.25) is 0 Å². The molecule has 0 spiro atoms. The molecule has 2 atom stereocenters. The summed E-state index contributed by atoms with van der Waals surface area (Å²) in [6.45, 7) is 8.47. The summed E-state index contributed by atoms with van der Waals surface area (Å²) in [4.78, 5) is 38.2. The van der Waals surface area contributed by atoms with Crippen LogP contribution >= 0.6 is 0 Å². The van der Waals surface area contributed by atoms with Gasteiger partial charge in [0, 0.05) is 36.8 Å². The van der Waals surface area contributed by atoms with Crippen molar-refractivity contribution in [1.82, 2.24) is 9.88 Å². The summed E-state index contributed by atoms with van der Waals surface area (Å²) in [5, 5.41) is 12.4. The highest BCUT2D eigenvalue weighted by molar-refractivity contribution is 5.93. The van der Waals surface area contributed by atoms with Crippen LogP contribution in [0.4, 0.5) is 14.9 Å². The van der Waals surface area contributed by atoms with E-state index < -0.39 is 28.9 Å². The van der Waals surface area contributed by atoms with E-state index in [2.05, 4.69) is 5.32 Å². The van der Waals surface area contributed by atoms with Gasteiger partial charge in [-0.3, -0.25) is 4.79 Å². The maximum Gasteiger partial charge on any atom is 0.407 e. The molecular formula is C24H30FN3O5. The molecule has 1 amide bonds. The van der Waals surface area contributed by atoms with Gasteiger partial charge >= 0.3 is 12.1 Å². The predicted molar refractivity (Wildman–Crippen MR) is 123 cm³/mol. The number of carboxylic acids is 1. The number of halogens is 1. The molecule has 2 aliphatic rings. The van der Waals surface area contributed by atoms with Gasteiger partial charge in [0.05, 0.1) is 11.2 Å². The third-order valence-corrected chi connectivity index (χ3v) is 6.29. The molecular weight excluding hydrogens is 429 g/mol. The molecule has 1 aliphatic carbocycles. The highest BCUT2D eigenvalue weighted by Gasteiger charge is 2.32. The second-order valence-corrected chi connectivity index (χ2v) is 10.1. The maximum absolute atomic E-state index is 15.1. The Balaban J connectivity index is 1.59. The van der Waals surface area contributed by atoms with Gasteiger partial charge in [0.25, 0.3) is 0 Å². The summed E-state index contributed by atoms with van der Waals surface area (Å²) in [6, 6.07) is 2.78. The number of carbonyl (C=O) groups excluding carboxylic acids is 1. The fraction of sp³-hybridized carbons (Fsp3) is 0.542. The topological polar surface area (TPSA) is 101 Å². The number of carboxylic acid groups (broad SMARTS) is 1. The molecule has 178 valence electrons. The maximum atomic E-state index is 15.1. The van der Waals surface area contributed by atoms with Crippen molar-refractivity contribution in [2.45, 2.75) is 64.6 Å². The van der Waals surface area contributed by atoms with Gasteiger partial charge in [-0.25, -0.2) is 14.0 Å². The van der Waals surface area contributed by atoms with Gasteiger partial charge in [0.15, 0.2) is 0 Å². The highest BCUT2D eigenvalue weighted by Crippen LogP contribution is 2.38. The summed E-state index contributed by atoms with van der Waals surface area (Å²) in [5.74, 6) is -1.76. The lowest BCUT2D eigenvalue weighted by molar-refractivity contribution is 0.0494. The predicted octanol–water partition coefficient (Wildman–Crippen LogP) is 3.91. The Hall–Kier alpha value is -3.10. The summed E-state index contributed by atoms with van der Waals surface area (Å²) in [6.07, 6.45) is 3.45. The van der Waals surface area contributed by atoms with Crippen LogP contribution in [0.25, 0.3) is 10.9 Å². The number of hydrogen-bond acceptors (Lipinski definition) is 5. The van der Waals surface area contributed by atoms with Crippen LogP contribution in [0.15, 0.2) is 23.1 Å². The van der Waals surface area contributed by atoms with Crippen LogP contribution in [0.1, 0.15) is 63.4 Å². The van der Waals surface area contributed by atoms with Gasteiger partial charge in [0.1, 0.15) is 17.0 Å². The summed E-state index contributed by atoms with van der Waals surface area (Å²) < 4.78 is 22.3. The molecule has 1 aromatic heterocycles. The van der Waals surface area contributed by atoms with Gasteiger partial charge < -0.3 is 24.6 Å². The Kier molecular flexibility index (Phi) is 5.84. The number of carbonyl (C=O) groups is 2. The molecule has 1 saturated heterocycles.